The molecule has 338 valence electrons. The van der Waals surface area contributed by atoms with Gasteiger partial charge >= 0.3 is 0 Å². The van der Waals surface area contributed by atoms with E-state index >= 15 is 0 Å². The number of likely N-dealkylation sites (N-methyl/N-ethyl adjacent to an activating group) is 3. The van der Waals surface area contributed by atoms with Crippen LogP contribution in [0.15, 0.2) is 46.4 Å². The number of carbonyl (C=O) groups excluding carboxylic acids is 5. The van der Waals surface area contributed by atoms with Gasteiger partial charge in [-0.3, -0.25) is 28.9 Å². The summed E-state index contributed by atoms with van der Waals surface area (Å²) in [4.78, 5) is 78.5. The van der Waals surface area contributed by atoms with Crippen molar-refractivity contribution in [2.45, 2.75) is 123 Å². The molecular formula is C45H75N7O7S. The van der Waals surface area contributed by atoms with E-state index in [1.54, 1.807) is 26.2 Å². The molecule has 0 bridgehead atoms. The van der Waals surface area contributed by atoms with E-state index in [2.05, 4.69) is 27.9 Å². The second kappa shape index (κ2) is 24.0. The van der Waals surface area contributed by atoms with Crippen LogP contribution in [-0.2, 0) is 33.4 Å². The molecule has 0 saturated carbocycles. The summed E-state index contributed by atoms with van der Waals surface area (Å²) in [6.07, 6.45) is 0.973. The number of nitrogens with zero attached hydrogens (tertiary/aromatic N) is 4. The van der Waals surface area contributed by atoms with E-state index in [1.165, 1.54) is 0 Å². The SMILES string of the molecule is CCNC(=O)C1=C[SH](C[C@@H](NC(=O)[C@@H](C)[C@@H](OC)[C@@H]2CCCN2C(=O)C[C@@H](OC)[C@H]([C@@H](C)CC)N(C)C(=O)[C@@H](NC(=O)[C@H](C(C)C)N(C)C)C(C)C)c2ccccc2)C=N1. The Kier molecular flexibility index (Phi) is 20.2. The fraction of sp³-hybridized carbons (Fsp3) is 0.689. The number of ether oxygens (including phenoxy) is 2. The van der Waals surface area contributed by atoms with Crippen LogP contribution in [0.1, 0.15) is 92.7 Å². The zero-order valence-electron chi connectivity index (χ0n) is 38.4. The van der Waals surface area contributed by atoms with Gasteiger partial charge in [-0.15, -0.1) is 0 Å². The van der Waals surface area contributed by atoms with E-state index in [4.69, 9.17) is 9.47 Å². The molecule has 1 aromatic rings. The maximum atomic E-state index is 14.4. The molecule has 1 saturated heterocycles. The normalized spacial score (nSPS) is 21.1. The van der Waals surface area contributed by atoms with Crippen LogP contribution >= 0.6 is 10.9 Å². The Bertz CT molecular complexity index is 1630. The van der Waals surface area contributed by atoms with Crippen molar-refractivity contribution in [3.63, 3.8) is 0 Å². The van der Waals surface area contributed by atoms with Crippen molar-refractivity contribution in [1.29, 1.82) is 0 Å². The average molecular weight is 858 g/mol. The number of amides is 5. The monoisotopic (exact) mass is 858 g/mol. The van der Waals surface area contributed by atoms with Crippen molar-refractivity contribution in [3.8, 4) is 0 Å². The van der Waals surface area contributed by atoms with Gasteiger partial charge in [0.25, 0.3) is 5.91 Å². The lowest BCUT2D eigenvalue weighted by Gasteiger charge is -2.41. The predicted octanol–water partition coefficient (Wildman–Crippen LogP) is 4.51. The van der Waals surface area contributed by atoms with Gasteiger partial charge < -0.3 is 35.2 Å². The average Bonchev–Trinajstić information content (AvgIpc) is 3.90. The highest BCUT2D eigenvalue weighted by Crippen LogP contribution is 2.36. The van der Waals surface area contributed by atoms with E-state index in [-0.39, 0.29) is 65.8 Å². The minimum atomic E-state index is -0.904. The van der Waals surface area contributed by atoms with Crippen LogP contribution in [0, 0.1) is 23.7 Å². The van der Waals surface area contributed by atoms with Crippen LogP contribution in [0.3, 0.4) is 0 Å². The predicted molar refractivity (Wildman–Crippen MR) is 242 cm³/mol. The number of likely N-dealkylation sites (tertiary alicyclic amines) is 1. The molecule has 2 heterocycles. The Morgan fingerprint density at radius 3 is 2.13 bits per heavy atom. The number of nitrogens with one attached hydrogen (secondary N) is 3. The quantitative estimate of drug-likeness (QED) is 0.117. The van der Waals surface area contributed by atoms with Crippen LogP contribution in [0.25, 0.3) is 0 Å². The van der Waals surface area contributed by atoms with Crippen LogP contribution in [-0.4, -0.2) is 140 Å². The van der Waals surface area contributed by atoms with Gasteiger partial charge in [0.1, 0.15) is 11.7 Å². The topological polar surface area (TPSA) is 162 Å². The number of benzene rings is 1. The summed E-state index contributed by atoms with van der Waals surface area (Å²) in [7, 11) is 7.71. The summed E-state index contributed by atoms with van der Waals surface area (Å²) < 4.78 is 12.1. The van der Waals surface area contributed by atoms with Crippen molar-refractivity contribution in [2.75, 3.05) is 54.2 Å². The fourth-order valence-electron chi connectivity index (χ4n) is 8.67. The number of hydrogen-bond donors (Lipinski definition) is 4. The molecule has 10 atom stereocenters. The minimum Gasteiger partial charge on any atom is -0.379 e. The lowest BCUT2D eigenvalue weighted by molar-refractivity contribution is -0.148. The fourth-order valence-corrected chi connectivity index (χ4v) is 10.4. The Morgan fingerprint density at radius 2 is 1.58 bits per heavy atom. The number of carbonyl (C=O) groups is 5. The summed E-state index contributed by atoms with van der Waals surface area (Å²) >= 11 is 0. The Balaban J connectivity index is 1.80. The first-order valence-corrected chi connectivity index (χ1v) is 23.3. The van der Waals surface area contributed by atoms with Gasteiger partial charge in [-0.05, 0) is 62.6 Å². The van der Waals surface area contributed by atoms with Crippen molar-refractivity contribution in [2.24, 2.45) is 28.7 Å². The second-order valence-electron chi connectivity index (χ2n) is 17.3. The molecule has 3 N–H and O–H groups in total. The zero-order chi connectivity index (χ0) is 44.8. The molecule has 1 aromatic carbocycles. The molecule has 0 aromatic heterocycles. The van der Waals surface area contributed by atoms with Gasteiger partial charge in [0.2, 0.25) is 23.6 Å². The molecule has 15 heteroatoms. The maximum Gasteiger partial charge on any atom is 0.270 e. The lowest BCUT2D eigenvalue weighted by atomic mass is 9.89. The number of hydrogen-bond acceptors (Lipinski definition) is 9. The molecule has 14 nitrogen and oxygen atoms in total. The Labute approximate surface area is 362 Å². The standard InChI is InChI=1S/C45H75N7O7S/c1-14-30(7)40(51(11)45(57)38(28(3)4)49-44(56)39(29(5)6)50(9)10)36(58-12)24-37(53)52-23-19-22-35(52)41(59-13)31(8)42(54)48-33(32-20-17-16-18-21-32)25-60-26-34(47-27-60)43(55)46-15-2/h16-18,20-21,26-31,33,35-36,38-41,60H,14-15,19,22-25H2,1-13H3,(H,46,55)(H,48,54)(H,49,56)/t30-,31-,33+,35-,36+,38-,39-,40-,41+/m0/s1. The maximum absolute atomic E-state index is 14.4. The molecule has 60 heavy (non-hydrogen) atoms. The third-order valence-electron chi connectivity index (χ3n) is 12.1. The Hall–Kier alpha value is -3.79. The molecule has 0 spiro atoms. The highest BCUT2D eigenvalue weighted by molar-refractivity contribution is 8.31. The molecule has 3 rings (SSSR count). The highest BCUT2D eigenvalue weighted by atomic mass is 32.2. The second-order valence-corrected chi connectivity index (χ2v) is 19.1. The van der Waals surface area contributed by atoms with Gasteiger partial charge in [-0.25, -0.2) is 4.99 Å². The molecule has 2 aliphatic rings. The molecule has 2 aliphatic heterocycles. The summed E-state index contributed by atoms with van der Waals surface area (Å²) in [5, 5.41) is 11.0. The molecule has 0 radical (unpaired) electrons. The molecule has 1 unspecified atom stereocenters. The largest absolute Gasteiger partial charge is 0.379 e. The summed E-state index contributed by atoms with van der Waals surface area (Å²) in [6, 6.07) is 7.45. The van der Waals surface area contributed by atoms with Crippen LogP contribution in [0.4, 0.5) is 0 Å². The third-order valence-corrected chi connectivity index (χ3v) is 13.8. The van der Waals surface area contributed by atoms with Gasteiger partial charge in [-0.2, -0.15) is 10.9 Å². The van der Waals surface area contributed by atoms with Crippen molar-refractivity contribution in [1.82, 2.24) is 30.7 Å². The molecule has 5 amide bonds. The van der Waals surface area contributed by atoms with Crippen LogP contribution < -0.4 is 16.0 Å². The van der Waals surface area contributed by atoms with E-state index < -0.39 is 47.1 Å². The molecule has 0 aliphatic carbocycles. The van der Waals surface area contributed by atoms with E-state index in [9.17, 15) is 24.0 Å². The number of methoxy groups -OCH3 is 2. The first-order chi connectivity index (χ1) is 28.4. The third kappa shape index (κ3) is 13.1. The van der Waals surface area contributed by atoms with Crippen LogP contribution in [0.5, 0.6) is 0 Å². The first-order valence-electron chi connectivity index (χ1n) is 21.7. The Morgan fingerprint density at radius 1 is 0.917 bits per heavy atom. The van der Waals surface area contributed by atoms with Gasteiger partial charge in [0.05, 0.1) is 48.7 Å². The number of aliphatic imine (C=N–C) groups is 1. The van der Waals surface area contributed by atoms with Gasteiger partial charge in [-0.1, -0.05) is 85.2 Å². The first kappa shape index (κ1) is 50.6. The van der Waals surface area contributed by atoms with Gasteiger partial charge in [0.15, 0.2) is 0 Å². The van der Waals surface area contributed by atoms with Crippen molar-refractivity contribution in [3.05, 3.63) is 47.0 Å². The van der Waals surface area contributed by atoms with Gasteiger partial charge in [0, 0.05) is 45.7 Å². The van der Waals surface area contributed by atoms with Crippen molar-refractivity contribution >= 4 is 46.0 Å². The summed E-state index contributed by atoms with van der Waals surface area (Å²) in [5.41, 5.74) is 3.15. The van der Waals surface area contributed by atoms with E-state index in [0.29, 0.717) is 31.0 Å². The summed E-state index contributed by atoms with van der Waals surface area (Å²) in [6.45, 7) is 16.6. The van der Waals surface area contributed by atoms with Crippen LogP contribution in [0.2, 0.25) is 0 Å². The minimum absolute atomic E-state index is 0.0262. The number of thiol groups is 1. The molecule has 1 fully saturated rings. The summed E-state index contributed by atoms with van der Waals surface area (Å²) in [5.74, 6) is -1.17. The highest BCUT2D eigenvalue weighted by Gasteiger charge is 2.43. The number of rotatable bonds is 23. The van der Waals surface area contributed by atoms with E-state index in [1.807, 2.05) is 114 Å². The van der Waals surface area contributed by atoms with E-state index in [0.717, 1.165) is 18.4 Å². The smallest absolute Gasteiger partial charge is 0.270 e. The lowest BCUT2D eigenvalue weighted by Crippen LogP contribution is -2.59. The zero-order valence-corrected chi connectivity index (χ0v) is 39.3. The van der Waals surface area contributed by atoms with Crippen molar-refractivity contribution < 1.29 is 33.4 Å². The molecular weight excluding hydrogens is 783 g/mol.